The molecule has 1 rings (SSSR count). The Labute approximate surface area is 118 Å². The van der Waals surface area contributed by atoms with Crippen molar-refractivity contribution in [3.05, 3.63) is 29.8 Å². The number of aryl methyl sites for hydroxylation is 1. The number of carbonyl (C=O) groups excluding carboxylic acids is 1. The molecule has 1 atom stereocenters. The van der Waals surface area contributed by atoms with Crippen LogP contribution in [0.2, 0.25) is 0 Å². The van der Waals surface area contributed by atoms with Crippen LogP contribution in [-0.2, 0) is 16.0 Å². The summed E-state index contributed by atoms with van der Waals surface area (Å²) in [5.74, 6) is -1.40. The van der Waals surface area contributed by atoms with E-state index < -0.39 is 12.0 Å². The van der Waals surface area contributed by atoms with Crippen LogP contribution in [0.1, 0.15) is 18.9 Å². The van der Waals surface area contributed by atoms with Crippen LogP contribution in [0.4, 0.5) is 5.69 Å². The summed E-state index contributed by atoms with van der Waals surface area (Å²) in [4.78, 5) is 22.8. The molecule has 0 spiro atoms. The van der Waals surface area contributed by atoms with Crippen LogP contribution in [0.3, 0.4) is 0 Å². The van der Waals surface area contributed by atoms with E-state index in [1.807, 2.05) is 19.1 Å². The first kappa shape index (κ1) is 16.1. The van der Waals surface area contributed by atoms with E-state index in [-0.39, 0.29) is 12.3 Å². The summed E-state index contributed by atoms with van der Waals surface area (Å²) in [6, 6.07) is 6.54. The predicted octanol–water partition coefficient (Wildman–Crippen LogP) is 0.579. The molecule has 0 unspecified atom stereocenters. The first-order valence-corrected chi connectivity index (χ1v) is 6.61. The molecule has 0 bridgehead atoms. The third kappa shape index (κ3) is 5.38. The summed E-state index contributed by atoms with van der Waals surface area (Å²) in [6.07, 6.45) is 0.795. The molecular formula is C14H21N3O3. The Morgan fingerprint density at radius 3 is 2.45 bits per heavy atom. The molecule has 1 amide bonds. The fourth-order valence-corrected chi connectivity index (χ4v) is 1.73. The standard InChI is InChI=1S/C14H21N3O3/c1-2-10-3-5-11(6-4-10)17-13(18)9-12(14(19)20)16-8-7-15/h3-6,12,16H,2,7-9,15H2,1H3,(H,17,18)(H,19,20)/t12-/m0/s1. The minimum absolute atomic E-state index is 0.134. The molecule has 1 aromatic rings. The summed E-state index contributed by atoms with van der Waals surface area (Å²) >= 11 is 0. The summed E-state index contributed by atoms with van der Waals surface area (Å²) in [6.45, 7) is 2.73. The number of carboxylic acid groups (broad SMARTS) is 1. The molecule has 110 valence electrons. The minimum Gasteiger partial charge on any atom is -0.480 e. The number of amides is 1. The van der Waals surface area contributed by atoms with E-state index in [0.29, 0.717) is 18.8 Å². The van der Waals surface area contributed by atoms with Gasteiger partial charge in [-0.05, 0) is 24.1 Å². The minimum atomic E-state index is -1.06. The number of carbonyl (C=O) groups is 2. The molecule has 0 aliphatic heterocycles. The molecule has 0 radical (unpaired) electrons. The Morgan fingerprint density at radius 2 is 1.95 bits per heavy atom. The third-order valence-corrected chi connectivity index (χ3v) is 2.87. The number of hydrogen-bond acceptors (Lipinski definition) is 4. The smallest absolute Gasteiger partial charge is 0.321 e. The number of nitrogens with one attached hydrogen (secondary N) is 2. The summed E-state index contributed by atoms with van der Waals surface area (Å²) in [5.41, 5.74) is 7.14. The highest BCUT2D eigenvalue weighted by Gasteiger charge is 2.20. The number of anilines is 1. The van der Waals surface area contributed by atoms with Gasteiger partial charge in [0, 0.05) is 18.8 Å². The zero-order valence-electron chi connectivity index (χ0n) is 11.6. The SMILES string of the molecule is CCc1ccc(NC(=O)C[C@H](NCCN)C(=O)O)cc1. The van der Waals surface area contributed by atoms with E-state index in [2.05, 4.69) is 10.6 Å². The molecule has 0 aromatic heterocycles. The van der Waals surface area contributed by atoms with Gasteiger partial charge >= 0.3 is 5.97 Å². The predicted molar refractivity (Wildman–Crippen MR) is 77.5 cm³/mol. The number of benzene rings is 1. The van der Waals surface area contributed by atoms with Crippen molar-refractivity contribution in [1.29, 1.82) is 0 Å². The van der Waals surface area contributed by atoms with Crippen LogP contribution >= 0.6 is 0 Å². The van der Waals surface area contributed by atoms with Crippen molar-refractivity contribution in [2.75, 3.05) is 18.4 Å². The van der Waals surface area contributed by atoms with Gasteiger partial charge in [-0.2, -0.15) is 0 Å². The fraction of sp³-hybridized carbons (Fsp3) is 0.429. The normalized spacial score (nSPS) is 11.9. The van der Waals surface area contributed by atoms with Crippen molar-refractivity contribution in [3.8, 4) is 0 Å². The van der Waals surface area contributed by atoms with Crippen LogP contribution in [0.25, 0.3) is 0 Å². The van der Waals surface area contributed by atoms with E-state index in [1.165, 1.54) is 5.56 Å². The topological polar surface area (TPSA) is 104 Å². The Hall–Kier alpha value is -1.92. The highest BCUT2D eigenvalue weighted by atomic mass is 16.4. The third-order valence-electron chi connectivity index (χ3n) is 2.87. The van der Waals surface area contributed by atoms with Crippen molar-refractivity contribution in [2.24, 2.45) is 5.73 Å². The van der Waals surface area contributed by atoms with Crippen molar-refractivity contribution >= 4 is 17.6 Å². The first-order valence-electron chi connectivity index (χ1n) is 6.61. The lowest BCUT2D eigenvalue weighted by molar-refractivity contribution is -0.141. The quantitative estimate of drug-likeness (QED) is 0.557. The average Bonchev–Trinajstić information content (AvgIpc) is 2.44. The summed E-state index contributed by atoms with van der Waals surface area (Å²) in [7, 11) is 0. The monoisotopic (exact) mass is 279 g/mol. The molecule has 0 saturated heterocycles. The molecule has 0 aliphatic carbocycles. The van der Waals surface area contributed by atoms with Gasteiger partial charge in [0.25, 0.3) is 0 Å². The van der Waals surface area contributed by atoms with Gasteiger partial charge in [-0.25, -0.2) is 0 Å². The summed E-state index contributed by atoms with van der Waals surface area (Å²) < 4.78 is 0. The highest BCUT2D eigenvalue weighted by Crippen LogP contribution is 2.10. The van der Waals surface area contributed by atoms with E-state index in [0.717, 1.165) is 6.42 Å². The molecule has 0 saturated carbocycles. The van der Waals surface area contributed by atoms with E-state index in [1.54, 1.807) is 12.1 Å². The number of aliphatic carboxylic acids is 1. The molecular weight excluding hydrogens is 258 g/mol. The Balaban J connectivity index is 2.53. The number of nitrogens with two attached hydrogens (primary N) is 1. The maximum absolute atomic E-state index is 11.8. The lowest BCUT2D eigenvalue weighted by atomic mass is 10.1. The van der Waals surface area contributed by atoms with Gasteiger partial charge in [-0.3, -0.25) is 9.59 Å². The highest BCUT2D eigenvalue weighted by molar-refractivity contribution is 5.94. The van der Waals surface area contributed by atoms with Gasteiger partial charge in [0.1, 0.15) is 6.04 Å². The lowest BCUT2D eigenvalue weighted by Crippen LogP contribution is -2.41. The Morgan fingerprint density at radius 1 is 1.30 bits per heavy atom. The summed E-state index contributed by atoms with van der Waals surface area (Å²) in [5, 5.41) is 14.4. The van der Waals surface area contributed by atoms with Crippen molar-refractivity contribution in [2.45, 2.75) is 25.8 Å². The second-order valence-corrected chi connectivity index (χ2v) is 4.44. The van der Waals surface area contributed by atoms with E-state index >= 15 is 0 Å². The van der Waals surface area contributed by atoms with E-state index in [9.17, 15) is 9.59 Å². The Kier molecular flexibility index (Phi) is 6.69. The fourth-order valence-electron chi connectivity index (χ4n) is 1.73. The maximum atomic E-state index is 11.8. The van der Waals surface area contributed by atoms with Crippen LogP contribution in [-0.4, -0.2) is 36.1 Å². The second-order valence-electron chi connectivity index (χ2n) is 4.44. The first-order chi connectivity index (χ1) is 9.56. The van der Waals surface area contributed by atoms with Gasteiger partial charge in [-0.1, -0.05) is 19.1 Å². The van der Waals surface area contributed by atoms with Crippen molar-refractivity contribution < 1.29 is 14.7 Å². The number of hydrogen-bond donors (Lipinski definition) is 4. The van der Waals surface area contributed by atoms with Crippen LogP contribution in [0.5, 0.6) is 0 Å². The van der Waals surface area contributed by atoms with Crippen molar-refractivity contribution in [3.63, 3.8) is 0 Å². The van der Waals surface area contributed by atoms with Gasteiger partial charge in [-0.15, -0.1) is 0 Å². The van der Waals surface area contributed by atoms with Gasteiger partial charge < -0.3 is 21.5 Å². The molecule has 0 aliphatic rings. The molecule has 6 heteroatoms. The number of rotatable bonds is 8. The Bertz CT molecular complexity index is 445. The molecule has 1 aromatic carbocycles. The average molecular weight is 279 g/mol. The van der Waals surface area contributed by atoms with Crippen LogP contribution in [0.15, 0.2) is 24.3 Å². The zero-order valence-corrected chi connectivity index (χ0v) is 11.6. The van der Waals surface area contributed by atoms with Crippen LogP contribution < -0.4 is 16.4 Å². The van der Waals surface area contributed by atoms with E-state index in [4.69, 9.17) is 10.8 Å². The zero-order chi connectivity index (χ0) is 15.0. The second kappa shape index (κ2) is 8.29. The lowest BCUT2D eigenvalue weighted by Gasteiger charge is -2.13. The molecule has 20 heavy (non-hydrogen) atoms. The van der Waals surface area contributed by atoms with Gasteiger partial charge in [0.05, 0.1) is 6.42 Å². The number of carboxylic acids is 1. The largest absolute Gasteiger partial charge is 0.480 e. The van der Waals surface area contributed by atoms with Crippen LogP contribution in [0, 0.1) is 0 Å². The molecule has 0 fully saturated rings. The maximum Gasteiger partial charge on any atom is 0.321 e. The van der Waals surface area contributed by atoms with Gasteiger partial charge in [0.15, 0.2) is 0 Å². The van der Waals surface area contributed by atoms with Gasteiger partial charge in [0.2, 0.25) is 5.91 Å². The molecule has 0 heterocycles. The van der Waals surface area contributed by atoms with Crippen molar-refractivity contribution in [1.82, 2.24) is 5.32 Å². The molecule has 6 nitrogen and oxygen atoms in total. The molecule has 5 N–H and O–H groups in total.